The molecule has 2 rings (SSSR count). The number of aliphatic carboxylic acids is 2. The first-order valence-corrected chi connectivity index (χ1v) is 8.49. The molecule has 0 saturated heterocycles. The largest absolute Gasteiger partial charge is 0.481 e. The molecule has 0 bridgehead atoms. The molecule has 1 radical (unpaired) electrons. The van der Waals surface area contributed by atoms with Gasteiger partial charge in [-0.2, -0.15) is 0 Å². The molecule has 0 heterocycles. The topological polar surface area (TPSA) is 127 Å². The minimum Gasteiger partial charge on any atom is -0.481 e. The third-order valence-corrected chi connectivity index (χ3v) is 1.91. The van der Waals surface area contributed by atoms with Crippen LogP contribution in [0.25, 0.3) is 0 Å². The standard InChI is InChI=1S/2C6H6.2C3H6O2.2C2H4O2.Y/c2*1-2-4-6-5-3-1;2*1-3(4)5-2;2*1-2(3)4;/h2*1-6H;2*1-2H3;2*1H3,(H,3,4);. The van der Waals surface area contributed by atoms with Crippen LogP contribution < -0.4 is 0 Å². The van der Waals surface area contributed by atoms with Gasteiger partial charge in [-0.15, -0.1) is 0 Å². The molecule has 0 atom stereocenters. The minimum atomic E-state index is -0.833. The Kier molecular flexibility index (Phi) is 43.9. The summed E-state index contributed by atoms with van der Waals surface area (Å²) in [6, 6.07) is 24.0. The van der Waals surface area contributed by atoms with Crippen molar-refractivity contribution in [2.75, 3.05) is 14.2 Å². The molecule has 0 spiro atoms. The van der Waals surface area contributed by atoms with Crippen LogP contribution in [0.4, 0.5) is 0 Å². The van der Waals surface area contributed by atoms with Crippen molar-refractivity contribution in [2.24, 2.45) is 0 Å². The van der Waals surface area contributed by atoms with Crippen molar-refractivity contribution in [1.82, 2.24) is 0 Å². The van der Waals surface area contributed by atoms with Crippen LogP contribution >= 0.6 is 0 Å². The molecule has 0 aliphatic heterocycles. The summed E-state index contributed by atoms with van der Waals surface area (Å²) in [6.07, 6.45) is 0. The Labute approximate surface area is 209 Å². The summed E-state index contributed by atoms with van der Waals surface area (Å²) in [5, 5.41) is 14.8. The smallest absolute Gasteiger partial charge is 0.302 e. The van der Waals surface area contributed by atoms with Gasteiger partial charge in [0, 0.05) is 60.4 Å². The van der Waals surface area contributed by atoms with Gasteiger partial charge in [-0.25, -0.2) is 0 Å². The molecule has 9 heteroatoms. The van der Waals surface area contributed by atoms with Crippen molar-refractivity contribution in [3.05, 3.63) is 72.8 Å². The molecule has 2 aromatic rings. The van der Waals surface area contributed by atoms with Gasteiger partial charge < -0.3 is 19.7 Å². The van der Waals surface area contributed by atoms with E-state index in [1.807, 2.05) is 72.8 Å². The third kappa shape index (κ3) is 98.4. The van der Waals surface area contributed by atoms with Crippen molar-refractivity contribution in [3.63, 3.8) is 0 Å². The fourth-order valence-corrected chi connectivity index (χ4v) is 0.770. The van der Waals surface area contributed by atoms with Crippen LogP contribution in [-0.2, 0) is 61.4 Å². The van der Waals surface area contributed by atoms with Crippen LogP contribution in [0.5, 0.6) is 0 Å². The van der Waals surface area contributed by atoms with Crippen molar-refractivity contribution >= 4 is 23.9 Å². The maximum Gasteiger partial charge on any atom is 0.302 e. The molecule has 0 aliphatic carbocycles. The molecule has 0 aromatic heterocycles. The summed E-state index contributed by atoms with van der Waals surface area (Å²) >= 11 is 0. The van der Waals surface area contributed by atoms with E-state index in [9.17, 15) is 9.59 Å². The summed E-state index contributed by atoms with van der Waals surface area (Å²) in [4.78, 5) is 37.2. The first-order chi connectivity index (χ1) is 14.0. The van der Waals surface area contributed by atoms with Gasteiger partial charge in [0.1, 0.15) is 0 Å². The van der Waals surface area contributed by atoms with Gasteiger partial charge >= 0.3 is 11.9 Å². The van der Waals surface area contributed by atoms with E-state index in [0.717, 1.165) is 13.8 Å². The number of esters is 2. The Balaban J connectivity index is -0.0000000875. The number of methoxy groups -OCH3 is 2. The molecule has 0 aliphatic rings. The van der Waals surface area contributed by atoms with E-state index in [-0.39, 0.29) is 44.6 Å². The van der Waals surface area contributed by atoms with Gasteiger partial charge in [-0.3, -0.25) is 19.2 Å². The van der Waals surface area contributed by atoms with Crippen molar-refractivity contribution in [2.45, 2.75) is 27.7 Å². The maximum atomic E-state index is 9.59. The van der Waals surface area contributed by atoms with E-state index in [1.54, 1.807) is 0 Å². The van der Waals surface area contributed by atoms with Crippen molar-refractivity contribution in [3.8, 4) is 0 Å². The van der Waals surface area contributed by atoms with E-state index in [4.69, 9.17) is 19.8 Å². The SMILES string of the molecule is CC(=O)O.CC(=O)O.COC(C)=O.COC(C)=O.[Y].c1ccccc1.c1ccccc1. The number of hydrogen-bond donors (Lipinski definition) is 2. The van der Waals surface area contributed by atoms with E-state index in [1.165, 1.54) is 28.1 Å². The minimum absolute atomic E-state index is 0. The van der Waals surface area contributed by atoms with Crippen LogP contribution in [-0.4, -0.2) is 48.3 Å². The summed E-state index contributed by atoms with van der Waals surface area (Å²) in [5.41, 5.74) is 0. The summed E-state index contributed by atoms with van der Waals surface area (Å²) < 4.78 is 8.22. The van der Waals surface area contributed by atoms with Crippen LogP contribution in [0, 0.1) is 0 Å². The first kappa shape index (κ1) is 39.0. The Morgan fingerprint density at radius 2 is 0.548 bits per heavy atom. The van der Waals surface area contributed by atoms with Crippen LogP contribution in [0.15, 0.2) is 72.8 Å². The number of ether oxygens (including phenoxy) is 2. The molecule has 0 saturated carbocycles. The van der Waals surface area contributed by atoms with Crippen LogP contribution in [0.3, 0.4) is 0 Å². The second-order valence-corrected chi connectivity index (χ2v) is 4.74. The zero-order valence-electron chi connectivity index (χ0n) is 18.8. The summed E-state index contributed by atoms with van der Waals surface area (Å²) in [5.74, 6) is -2.16. The molecule has 171 valence electrons. The number of carboxylic acids is 2. The molecule has 0 fully saturated rings. The fraction of sp³-hybridized carbons (Fsp3) is 0.273. The van der Waals surface area contributed by atoms with Crippen LogP contribution in [0.2, 0.25) is 0 Å². The average molecular weight is 513 g/mol. The van der Waals surface area contributed by atoms with Crippen LogP contribution in [0.1, 0.15) is 27.7 Å². The van der Waals surface area contributed by atoms with Gasteiger partial charge in [-0.05, 0) is 0 Å². The molecule has 0 unspecified atom stereocenters. The second-order valence-electron chi connectivity index (χ2n) is 4.74. The number of hydrogen-bond acceptors (Lipinski definition) is 6. The maximum absolute atomic E-state index is 9.59. The van der Waals surface area contributed by atoms with Gasteiger partial charge in [0.05, 0.1) is 14.2 Å². The normalized spacial score (nSPS) is 6.90. The van der Waals surface area contributed by atoms with Gasteiger partial charge in [0.2, 0.25) is 0 Å². The molecule has 0 amide bonds. The van der Waals surface area contributed by atoms with E-state index >= 15 is 0 Å². The number of carbonyl (C=O) groups excluding carboxylic acids is 2. The molecular weight excluding hydrogens is 481 g/mol. The van der Waals surface area contributed by atoms with Gasteiger partial charge in [0.25, 0.3) is 11.9 Å². The van der Waals surface area contributed by atoms with Crippen molar-refractivity contribution in [1.29, 1.82) is 0 Å². The fourth-order valence-electron chi connectivity index (χ4n) is 0.770. The third-order valence-electron chi connectivity index (χ3n) is 1.91. The number of carbonyl (C=O) groups is 4. The Morgan fingerprint density at radius 1 is 0.484 bits per heavy atom. The predicted octanol–water partition coefficient (Wildman–Crippen LogP) is 3.91. The molecule has 31 heavy (non-hydrogen) atoms. The number of benzene rings is 2. The summed E-state index contributed by atoms with van der Waals surface area (Å²) in [7, 11) is 2.70. The first-order valence-electron chi connectivity index (χ1n) is 8.49. The molecule has 2 aromatic carbocycles. The Morgan fingerprint density at radius 3 is 0.581 bits per heavy atom. The average Bonchev–Trinajstić information content (AvgIpc) is 2.71. The number of carboxylic acid groups (broad SMARTS) is 2. The Hall–Kier alpha value is -2.58. The zero-order valence-corrected chi connectivity index (χ0v) is 21.7. The molecule has 2 N–H and O–H groups in total. The number of rotatable bonds is 0. The van der Waals surface area contributed by atoms with E-state index in [0.29, 0.717) is 0 Å². The van der Waals surface area contributed by atoms with Gasteiger partial charge in [0.15, 0.2) is 0 Å². The van der Waals surface area contributed by atoms with E-state index in [2.05, 4.69) is 9.47 Å². The molecule has 8 nitrogen and oxygen atoms in total. The molecular formula is C22H32O8Y. The summed E-state index contributed by atoms with van der Waals surface area (Å²) in [6.45, 7) is 4.89. The van der Waals surface area contributed by atoms with Gasteiger partial charge in [-0.1, -0.05) is 72.8 Å². The van der Waals surface area contributed by atoms with Crippen molar-refractivity contribution < 1.29 is 71.6 Å². The Bertz CT molecular complexity index is 516. The van der Waals surface area contributed by atoms with E-state index < -0.39 is 11.9 Å². The predicted molar refractivity (Wildman–Crippen MR) is 115 cm³/mol. The monoisotopic (exact) mass is 513 g/mol. The quantitative estimate of drug-likeness (QED) is 0.508. The zero-order chi connectivity index (χ0) is 24.2. The second kappa shape index (κ2) is 34.9.